The van der Waals surface area contributed by atoms with Gasteiger partial charge >= 0.3 is 0 Å². The van der Waals surface area contributed by atoms with Crippen molar-refractivity contribution in [1.29, 1.82) is 0 Å². The fraction of sp³-hybridized carbons (Fsp3) is 0.100. The average molecular weight is 394 g/mol. The molecule has 2 aromatic carbocycles. The molecule has 4 aromatic rings. The number of aryl methyl sites for hydroxylation is 2. The number of fused-ring (bicyclic) bond motifs is 1. The molecule has 2 aromatic heterocycles. The number of aromatic hydroxyl groups is 1. The summed E-state index contributed by atoms with van der Waals surface area (Å²) in [4.78, 5) is 17.2. The van der Waals surface area contributed by atoms with Gasteiger partial charge in [-0.15, -0.1) is 0 Å². The number of nitrogens with zero attached hydrogens (tertiary/aromatic N) is 5. The largest absolute Gasteiger partial charge is 0.493 e. The molecule has 1 N–H and O–H groups in total. The number of hydrogen-bond acceptors (Lipinski definition) is 5. The third-order valence-corrected chi connectivity index (χ3v) is 4.59. The lowest BCUT2D eigenvalue weighted by molar-refractivity contribution is 0.433. The van der Waals surface area contributed by atoms with Gasteiger partial charge in [-0.25, -0.2) is 9.67 Å². The Balaban J connectivity index is 1.80. The first-order valence-electron chi connectivity index (χ1n) is 8.53. The van der Waals surface area contributed by atoms with Crippen molar-refractivity contribution in [2.45, 2.75) is 13.8 Å². The number of benzene rings is 2. The van der Waals surface area contributed by atoms with Crippen LogP contribution >= 0.6 is 11.6 Å². The van der Waals surface area contributed by atoms with Crippen molar-refractivity contribution in [3.63, 3.8) is 0 Å². The Bertz CT molecular complexity index is 1280. The molecule has 0 spiro atoms. The molecule has 0 amide bonds. The maximum absolute atomic E-state index is 12.8. The topological polar surface area (TPSA) is 85.3 Å². The van der Waals surface area contributed by atoms with Gasteiger partial charge < -0.3 is 5.11 Å². The zero-order valence-corrected chi connectivity index (χ0v) is 15.9. The normalized spacial score (nSPS) is 11.5. The summed E-state index contributed by atoms with van der Waals surface area (Å²) in [7, 11) is 0. The summed E-state index contributed by atoms with van der Waals surface area (Å²) in [5, 5.41) is 20.0. The number of para-hydroxylation sites is 1. The summed E-state index contributed by atoms with van der Waals surface area (Å²) in [6.07, 6.45) is 1.41. The highest BCUT2D eigenvalue weighted by Gasteiger charge is 2.14. The molecule has 0 saturated heterocycles. The Hall–Kier alpha value is -3.45. The van der Waals surface area contributed by atoms with Crippen LogP contribution in [0, 0.1) is 13.8 Å². The molecular weight excluding hydrogens is 378 g/mol. The van der Waals surface area contributed by atoms with E-state index in [2.05, 4.69) is 15.2 Å². The lowest BCUT2D eigenvalue weighted by Gasteiger charge is -2.05. The molecule has 28 heavy (non-hydrogen) atoms. The minimum absolute atomic E-state index is 0.0602. The molecule has 2 heterocycles. The van der Waals surface area contributed by atoms with Gasteiger partial charge in [0.2, 0.25) is 5.88 Å². The Kier molecular flexibility index (Phi) is 4.44. The summed E-state index contributed by atoms with van der Waals surface area (Å²) in [6.45, 7) is 3.45. The van der Waals surface area contributed by atoms with E-state index >= 15 is 0 Å². The fourth-order valence-corrected chi connectivity index (χ4v) is 3.11. The standard InChI is InChI=1S/C20H16ClN5O2/c1-12-17(20(28)26(24-12)15-6-4-3-5-7-15)11-22-25-13(2)23-18-9-8-14(21)10-16(18)19(25)27/h3-11,28H,1-2H3. The van der Waals surface area contributed by atoms with E-state index in [0.717, 1.165) is 5.69 Å². The molecule has 0 fully saturated rings. The van der Waals surface area contributed by atoms with Crippen molar-refractivity contribution >= 4 is 28.7 Å². The van der Waals surface area contributed by atoms with Crippen LogP contribution in [0.4, 0.5) is 0 Å². The Morgan fingerprint density at radius 2 is 1.89 bits per heavy atom. The Morgan fingerprint density at radius 1 is 1.14 bits per heavy atom. The van der Waals surface area contributed by atoms with Gasteiger partial charge in [-0.05, 0) is 44.2 Å². The average Bonchev–Trinajstić information content (AvgIpc) is 2.97. The first-order chi connectivity index (χ1) is 13.5. The number of rotatable bonds is 3. The molecule has 0 bridgehead atoms. The lowest BCUT2D eigenvalue weighted by atomic mass is 10.2. The molecule has 0 unspecified atom stereocenters. The third kappa shape index (κ3) is 3.05. The maximum Gasteiger partial charge on any atom is 0.282 e. The predicted molar refractivity (Wildman–Crippen MR) is 109 cm³/mol. The van der Waals surface area contributed by atoms with Crippen molar-refractivity contribution in [3.8, 4) is 11.6 Å². The molecule has 140 valence electrons. The van der Waals surface area contributed by atoms with Gasteiger partial charge in [0.25, 0.3) is 5.56 Å². The summed E-state index contributed by atoms with van der Waals surface area (Å²) in [6, 6.07) is 14.2. The quantitative estimate of drug-likeness (QED) is 0.540. The van der Waals surface area contributed by atoms with Crippen LogP contribution in [-0.4, -0.2) is 30.8 Å². The molecule has 0 saturated carbocycles. The van der Waals surface area contributed by atoms with Gasteiger partial charge in [0.05, 0.1) is 34.1 Å². The monoisotopic (exact) mass is 393 g/mol. The molecule has 8 heteroatoms. The third-order valence-electron chi connectivity index (χ3n) is 4.35. The van der Waals surface area contributed by atoms with E-state index in [0.29, 0.717) is 33.0 Å². The van der Waals surface area contributed by atoms with E-state index in [1.165, 1.54) is 15.6 Å². The van der Waals surface area contributed by atoms with Crippen LogP contribution in [0.25, 0.3) is 16.6 Å². The van der Waals surface area contributed by atoms with E-state index in [-0.39, 0.29) is 11.4 Å². The minimum Gasteiger partial charge on any atom is -0.493 e. The van der Waals surface area contributed by atoms with Crippen molar-refractivity contribution in [2.75, 3.05) is 0 Å². The Morgan fingerprint density at radius 3 is 2.64 bits per heavy atom. The van der Waals surface area contributed by atoms with E-state index in [9.17, 15) is 9.90 Å². The van der Waals surface area contributed by atoms with Crippen LogP contribution in [0.1, 0.15) is 17.1 Å². The highest BCUT2D eigenvalue weighted by atomic mass is 35.5. The van der Waals surface area contributed by atoms with Gasteiger partial charge in [-0.3, -0.25) is 4.79 Å². The zero-order chi connectivity index (χ0) is 19.8. The number of halogens is 1. The van der Waals surface area contributed by atoms with Crippen molar-refractivity contribution < 1.29 is 5.11 Å². The minimum atomic E-state index is -0.339. The van der Waals surface area contributed by atoms with Gasteiger partial charge in [0.1, 0.15) is 5.82 Å². The number of hydrogen-bond donors (Lipinski definition) is 1. The molecule has 0 radical (unpaired) electrons. The zero-order valence-electron chi connectivity index (χ0n) is 15.2. The van der Waals surface area contributed by atoms with Crippen molar-refractivity contribution in [2.24, 2.45) is 5.10 Å². The van der Waals surface area contributed by atoms with E-state index in [4.69, 9.17) is 11.6 Å². The van der Waals surface area contributed by atoms with Gasteiger partial charge in [0.15, 0.2) is 0 Å². The predicted octanol–water partition coefficient (Wildman–Crippen LogP) is 3.44. The first kappa shape index (κ1) is 17.9. The molecule has 0 atom stereocenters. The van der Waals surface area contributed by atoms with Crippen LogP contribution < -0.4 is 5.56 Å². The van der Waals surface area contributed by atoms with Crippen molar-refractivity contribution in [1.82, 2.24) is 19.4 Å². The molecular formula is C20H16ClN5O2. The molecule has 0 aliphatic rings. The molecule has 7 nitrogen and oxygen atoms in total. The first-order valence-corrected chi connectivity index (χ1v) is 8.91. The second kappa shape index (κ2) is 6.94. The fourth-order valence-electron chi connectivity index (χ4n) is 2.94. The summed E-state index contributed by atoms with van der Waals surface area (Å²) < 4.78 is 2.60. The highest BCUT2D eigenvalue weighted by Crippen LogP contribution is 2.23. The maximum atomic E-state index is 12.8. The highest BCUT2D eigenvalue weighted by molar-refractivity contribution is 6.31. The van der Waals surface area contributed by atoms with Crippen LogP contribution in [-0.2, 0) is 0 Å². The summed E-state index contributed by atoms with van der Waals surface area (Å²) in [5.41, 5.74) is 1.93. The lowest BCUT2D eigenvalue weighted by Crippen LogP contribution is -2.20. The van der Waals surface area contributed by atoms with Gasteiger partial charge in [0, 0.05) is 5.02 Å². The SMILES string of the molecule is Cc1nn(-c2ccccc2)c(O)c1C=Nn1c(C)nc2ccc(Cl)cc2c1=O. The van der Waals surface area contributed by atoms with E-state index in [1.54, 1.807) is 32.0 Å². The van der Waals surface area contributed by atoms with Crippen LogP contribution in [0.5, 0.6) is 5.88 Å². The van der Waals surface area contributed by atoms with Crippen LogP contribution in [0.2, 0.25) is 5.02 Å². The van der Waals surface area contributed by atoms with E-state index in [1.807, 2.05) is 30.3 Å². The second-order valence-corrected chi connectivity index (χ2v) is 6.69. The summed E-state index contributed by atoms with van der Waals surface area (Å²) in [5.74, 6) is 0.360. The van der Waals surface area contributed by atoms with E-state index < -0.39 is 0 Å². The van der Waals surface area contributed by atoms with Gasteiger partial charge in [-0.1, -0.05) is 29.8 Å². The smallest absolute Gasteiger partial charge is 0.282 e. The van der Waals surface area contributed by atoms with Crippen LogP contribution in [0.3, 0.4) is 0 Å². The molecule has 0 aliphatic carbocycles. The number of aromatic nitrogens is 4. The summed E-state index contributed by atoms with van der Waals surface area (Å²) >= 11 is 6.00. The van der Waals surface area contributed by atoms with Crippen molar-refractivity contribution in [3.05, 3.63) is 81.0 Å². The van der Waals surface area contributed by atoms with Crippen LogP contribution in [0.15, 0.2) is 58.4 Å². The second-order valence-electron chi connectivity index (χ2n) is 6.25. The molecule has 0 aliphatic heterocycles. The Labute approximate surface area is 165 Å². The van der Waals surface area contributed by atoms with Gasteiger partial charge in [-0.2, -0.15) is 14.9 Å². The molecule has 4 rings (SSSR count).